The first kappa shape index (κ1) is 16.9. The predicted octanol–water partition coefficient (Wildman–Crippen LogP) is 2.55. The molecule has 0 saturated carbocycles. The van der Waals surface area contributed by atoms with Gasteiger partial charge in [-0.25, -0.2) is 9.37 Å². The molecule has 4 rings (SSSR count). The number of aryl methyl sites for hydroxylation is 1. The summed E-state index contributed by atoms with van der Waals surface area (Å²) in [6, 6.07) is 9.69. The molecule has 0 radical (unpaired) electrons. The summed E-state index contributed by atoms with van der Waals surface area (Å²) in [5.74, 6) is -0.433. The van der Waals surface area contributed by atoms with Crippen molar-refractivity contribution < 1.29 is 9.18 Å². The van der Waals surface area contributed by atoms with Crippen LogP contribution in [0.2, 0.25) is 0 Å². The van der Waals surface area contributed by atoms with Gasteiger partial charge >= 0.3 is 0 Å². The molecule has 0 aliphatic carbocycles. The molecule has 3 heterocycles. The normalized spacial score (nSPS) is 11.0. The van der Waals surface area contributed by atoms with Gasteiger partial charge < -0.3 is 9.72 Å². The fourth-order valence-electron chi connectivity index (χ4n) is 2.78. The first-order valence-corrected chi connectivity index (χ1v) is 8.56. The van der Waals surface area contributed by atoms with Crippen LogP contribution in [0.25, 0.3) is 16.9 Å². The minimum absolute atomic E-state index is 0.146. The Labute approximate surface area is 154 Å². The van der Waals surface area contributed by atoms with Gasteiger partial charge in [-0.3, -0.25) is 9.48 Å². The van der Waals surface area contributed by atoms with Crippen molar-refractivity contribution in [3.8, 4) is 11.3 Å². The van der Waals surface area contributed by atoms with E-state index in [0.717, 1.165) is 23.3 Å². The first-order valence-electron chi connectivity index (χ1n) is 8.56. The number of rotatable bonds is 6. The maximum atomic E-state index is 13.1. The molecule has 8 heteroatoms. The number of nitrogens with one attached hydrogen (secondary N) is 1. The van der Waals surface area contributed by atoms with E-state index in [0.29, 0.717) is 18.7 Å². The second kappa shape index (κ2) is 7.36. The second-order valence-corrected chi connectivity index (χ2v) is 6.09. The highest BCUT2D eigenvalue weighted by molar-refractivity contribution is 5.94. The van der Waals surface area contributed by atoms with E-state index in [9.17, 15) is 9.18 Å². The zero-order valence-electron chi connectivity index (χ0n) is 14.4. The van der Waals surface area contributed by atoms with Crippen LogP contribution in [0.4, 0.5) is 4.39 Å². The van der Waals surface area contributed by atoms with Gasteiger partial charge in [-0.05, 0) is 42.8 Å². The molecule has 27 heavy (non-hydrogen) atoms. The molecule has 3 aromatic heterocycles. The third kappa shape index (κ3) is 3.84. The first-order chi connectivity index (χ1) is 13.2. The van der Waals surface area contributed by atoms with Crippen LogP contribution in [0.1, 0.15) is 16.8 Å². The van der Waals surface area contributed by atoms with Crippen LogP contribution in [0, 0.1) is 5.82 Å². The lowest BCUT2D eigenvalue weighted by Gasteiger charge is -2.05. The number of pyridine rings is 1. The number of imidazole rings is 1. The highest BCUT2D eigenvalue weighted by Gasteiger charge is 2.09. The molecule has 1 N–H and O–H groups in total. The Balaban J connectivity index is 1.43. The van der Waals surface area contributed by atoms with Gasteiger partial charge in [-0.15, -0.1) is 5.10 Å². The van der Waals surface area contributed by atoms with Crippen LogP contribution >= 0.6 is 0 Å². The van der Waals surface area contributed by atoms with Crippen LogP contribution in [0.5, 0.6) is 0 Å². The van der Waals surface area contributed by atoms with Crippen molar-refractivity contribution in [3.05, 3.63) is 72.6 Å². The van der Waals surface area contributed by atoms with Crippen LogP contribution in [0.15, 0.2) is 61.2 Å². The van der Waals surface area contributed by atoms with Crippen molar-refractivity contribution in [2.24, 2.45) is 0 Å². The second-order valence-electron chi connectivity index (χ2n) is 6.09. The van der Waals surface area contributed by atoms with Crippen molar-refractivity contribution in [1.29, 1.82) is 0 Å². The molecule has 0 bridgehead atoms. The van der Waals surface area contributed by atoms with E-state index in [2.05, 4.69) is 20.6 Å². The molecule has 0 spiro atoms. The van der Waals surface area contributed by atoms with Crippen LogP contribution in [-0.2, 0) is 6.54 Å². The average molecular weight is 364 g/mol. The lowest BCUT2D eigenvalue weighted by molar-refractivity contribution is 0.0952. The van der Waals surface area contributed by atoms with E-state index in [1.54, 1.807) is 51.9 Å². The van der Waals surface area contributed by atoms with Gasteiger partial charge in [0, 0.05) is 37.2 Å². The number of halogens is 1. The number of fused-ring (bicyclic) bond motifs is 1. The fourth-order valence-corrected chi connectivity index (χ4v) is 2.78. The summed E-state index contributed by atoms with van der Waals surface area (Å²) in [6.45, 7) is 1.24. The summed E-state index contributed by atoms with van der Waals surface area (Å²) in [5, 5.41) is 10.5. The van der Waals surface area contributed by atoms with Crippen molar-refractivity contribution in [3.63, 3.8) is 0 Å². The predicted molar refractivity (Wildman–Crippen MR) is 97.6 cm³/mol. The number of carbonyl (C=O) groups is 1. The zero-order valence-corrected chi connectivity index (χ0v) is 14.4. The third-order valence-corrected chi connectivity index (χ3v) is 4.17. The molecule has 1 aromatic carbocycles. The summed E-state index contributed by atoms with van der Waals surface area (Å²) in [7, 11) is 0. The van der Waals surface area contributed by atoms with Gasteiger partial charge in [0.2, 0.25) is 0 Å². The molecule has 136 valence electrons. The van der Waals surface area contributed by atoms with Crippen molar-refractivity contribution >= 4 is 11.6 Å². The van der Waals surface area contributed by atoms with Crippen LogP contribution < -0.4 is 5.32 Å². The standard InChI is InChI=1S/C19H17FN6O/c20-16-5-2-14(3-6-16)17-13-25-12-15(4-7-18(25)23-17)19(27)21-8-1-10-26-11-9-22-24-26/h2-7,9,11-13H,1,8,10H2,(H,21,27). The minimum atomic E-state index is -0.287. The lowest BCUT2D eigenvalue weighted by atomic mass is 10.2. The molecule has 1 amide bonds. The van der Waals surface area contributed by atoms with E-state index in [1.807, 2.05) is 6.20 Å². The molecular weight excluding hydrogens is 347 g/mol. The summed E-state index contributed by atoms with van der Waals surface area (Å²) in [5.41, 5.74) is 2.81. The van der Waals surface area contributed by atoms with E-state index < -0.39 is 0 Å². The molecule has 0 aliphatic rings. The Hall–Kier alpha value is -3.55. The molecule has 4 aromatic rings. The van der Waals surface area contributed by atoms with E-state index in [1.165, 1.54) is 12.1 Å². The number of hydrogen-bond acceptors (Lipinski definition) is 4. The third-order valence-electron chi connectivity index (χ3n) is 4.17. The van der Waals surface area contributed by atoms with E-state index in [4.69, 9.17) is 0 Å². The van der Waals surface area contributed by atoms with Gasteiger partial charge in [0.05, 0.1) is 17.5 Å². The summed E-state index contributed by atoms with van der Waals surface area (Å²) in [6.07, 6.45) is 7.73. The SMILES string of the molecule is O=C(NCCCn1ccnn1)c1ccc2nc(-c3ccc(F)cc3)cn2c1. The Bertz CT molecular complexity index is 1060. The summed E-state index contributed by atoms with van der Waals surface area (Å²) in [4.78, 5) is 16.9. The fraction of sp³-hybridized carbons (Fsp3) is 0.158. The Kier molecular flexibility index (Phi) is 4.61. The largest absolute Gasteiger partial charge is 0.352 e. The average Bonchev–Trinajstić information content (AvgIpc) is 3.34. The van der Waals surface area contributed by atoms with Gasteiger partial charge in [0.25, 0.3) is 5.91 Å². The van der Waals surface area contributed by atoms with Crippen LogP contribution in [0.3, 0.4) is 0 Å². The molecule has 0 unspecified atom stereocenters. The van der Waals surface area contributed by atoms with Gasteiger partial charge in [-0.2, -0.15) is 0 Å². The highest BCUT2D eigenvalue weighted by Crippen LogP contribution is 2.20. The molecule has 0 fully saturated rings. The van der Waals surface area contributed by atoms with E-state index in [-0.39, 0.29) is 11.7 Å². The zero-order chi connectivity index (χ0) is 18.6. The van der Waals surface area contributed by atoms with Gasteiger partial charge in [0.15, 0.2) is 0 Å². The number of carbonyl (C=O) groups excluding carboxylic acids is 1. The molecule has 0 aliphatic heterocycles. The van der Waals surface area contributed by atoms with E-state index >= 15 is 0 Å². The summed E-state index contributed by atoms with van der Waals surface area (Å²) < 4.78 is 16.6. The maximum Gasteiger partial charge on any atom is 0.252 e. The van der Waals surface area contributed by atoms with Crippen molar-refractivity contribution in [2.75, 3.05) is 6.54 Å². The topological polar surface area (TPSA) is 77.1 Å². The smallest absolute Gasteiger partial charge is 0.252 e. The Morgan fingerprint density at radius 2 is 1.96 bits per heavy atom. The Morgan fingerprint density at radius 1 is 1.11 bits per heavy atom. The summed E-state index contributed by atoms with van der Waals surface area (Å²) >= 11 is 0. The number of hydrogen-bond donors (Lipinski definition) is 1. The monoisotopic (exact) mass is 364 g/mol. The number of benzene rings is 1. The quantitative estimate of drug-likeness (QED) is 0.534. The molecule has 0 atom stereocenters. The maximum absolute atomic E-state index is 13.1. The number of nitrogens with zero attached hydrogens (tertiary/aromatic N) is 5. The van der Waals surface area contributed by atoms with Crippen LogP contribution in [-0.4, -0.2) is 36.8 Å². The molecule has 0 saturated heterocycles. The Morgan fingerprint density at radius 3 is 2.74 bits per heavy atom. The highest BCUT2D eigenvalue weighted by atomic mass is 19.1. The van der Waals surface area contributed by atoms with Crippen molar-refractivity contribution in [1.82, 2.24) is 29.7 Å². The minimum Gasteiger partial charge on any atom is -0.352 e. The number of aromatic nitrogens is 5. The molecule has 7 nitrogen and oxygen atoms in total. The lowest BCUT2D eigenvalue weighted by Crippen LogP contribution is -2.25. The van der Waals surface area contributed by atoms with Gasteiger partial charge in [-0.1, -0.05) is 5.21 Å². The van der Waals surface area contributed by atoms with Crippen molar-refractivity contribution in [2.45, 2.75) is 13.0 Å². The van der Waals surface area contributed by atoms with Gasteiger partial charge in [0.1, 0.15) is 11.5 Å². The molecular formula is C19H17FN6O. The number of amides is 1.